The Morgan fingerprint density at radius 3 is 3.00 bits per heavy atom. The largest absolute Gasteiger partial charge is 0.381 e. The first kappa shape index (κ1) is 14.8. The van der Waals surface area contributed by atoms with Gasteiger partial charge in [-0.25, -0.2) is 4.98 Å². The summed E-state index contributed by atoms with van der Waals surface area (Å²) in [5.41, 5.74) is 0.443. The minimum atomic E-state index is -0.0687. The Kier molecular flexibility index (Phi) is 4.81. The second kappa shape index (κ2) is 6.20. The van der Waals surface area contributed by atoms with E-state index in [1.54, 1.807) is 19.4 Å². The predicted molar refractivity (Wildman–Crippen MR) is 77.5 cm³/mol. The summed E-state index contributed by atoms with van der Waals surface area (Å²) in [5.74, 6) is -0.0687. The van der Waals surface area contributed by atoms with Crippen molar-refractivity contribution >= 4 is 33.4 Å². The molecule has 2 atom stereocenters. The lowest BCUT2D eigenvalue weighted by Gasteiger charge is -2.37. The lowest BCUT2D eigenvalue weighted by molar-refractivity contribution is 0.0160. The van der Waals surface area contributed by atoms with E-state index in [0.29, 0.717) is 12.1 Å². The van der Waals surface area contributed by atoms with Crippen molar-refractivity contribution in [3.8, 4) is 0 Å². The summed E-state index contributed by atoms with van der Waals surface area (Å²) in [7, 11) is 1.71. The third kappa shape index (κ3) is 3.27. The number of amides is 1. The summed E-state index contributed by atoms with van der Waals surface area (Å²) in [6.45, 7) is 2.71. The molecule has 1 aromatic heterocycles. The molecule has 4 nitrogen and oxygen atoms in total. The molecule has 2 unspecified atom stereocenters. The summed E-state index contributed by atoms with van der Waals surface area (Å²) >= 11 is 9.32. The van der Waals surface area contributed by atoms with E-state index in [9.17, 15) is 4.79 Å². The van der Waals surface area contributed by atoms with Gasteiger partial charge in [0.05, 0.1) is 11.7 Å². The summed E-state index contributed by atoms with van der Waals surface area (Å²) in [5, 5.41) is 0.245. The molecule has 0 spiro atoms. The van der Waals surface area contributed by atoms with Crippen molar-refractivity contribution in [3.63, 3.8) is 0 Å². The molecule has 1 aromatic rings. The van der Waals surface area contributed by atoms with E-state index >= 15 is 0 Å². The van der Waals surface area contributed by atoms with Crippen LogP contribution in [0.15, 0.2) is 16.7 Å². The maximum Gasteiger partial charge on any atom is 0.257 e. The zero-order valence-electron chi connectivity index (χ0n) is 10.9. The van der Waals surface area contributed by atoms with Crippen LogP contribution in [0.3, 0.4) is 0 Å². The SMILES string of the molecule is COC1CCN(C(=O)c2cc(Br)cnc2Cl)C(C)C1. The Labute approximate surface area is 126 Å². The van der Waals surface area contributed by atoms with Crippen LogP contribution in [0, 0.1) is 0 Å². The Bertz CT molecular complexity index is 484. The molecular formula is C13H16BrClN2O2. The highest BCUT2D eigenvalue weighted by molar-refractivity contribution is 9.10. The number of hydrogen-bond donors (Lipinski definition) is 0. The van der Waals surface area contributed by atoms with E-state index in [1.807, 2.05) is 11.8 Å². The van der Waals surface area contributed by atoms with Gasteiger partial charge in [-0.1, -0.05) is 11.6 Å². The molecule has 19 heavy (non-hydrogen) atoms. The van der Waals surface area contributed by atoms with E-state index in [2.05, 4.69) is 20.9 Å². The van der Waals surface area contributed by atoms with Gasteiger partial charge in [0.1, 0.15) is 5.15 Å². The van der Waals surface area contributed by atoms with Crippen LogP contribution in [0.4, 0.5) is 0 Å². The maximum absolute atomic E-state index is 12.5. The van der Waals surface area contributed by atoms with Crippen molar-refractivity contribution in [2.75, 3.05) is 13.7 Å². The van der Waals surface area contributed by atoms with Gasteiger partial charge in [-0.3, -0.25) is 4.79 Å². The van der Waals surface area contributed by atoms with Gasteiger partial charge in [-0.15, -0.1) is 0 Å². The fourth-order valence-corrected chi connectivity index (χ4v) is 2.89. The molecule has 1 fully saturated rings. The zero-order valence-corrected chi connectivity index (χ0v) is 13.2. The van der Waals surface area contributed by atoms with E-state index in [0.717, 1.165) is 17.3 Å². The average molecular weight is 348 g/mol. The molecular weight excluding hydrogens is 332 g/mol. The highest BCUT2D eigenvalue weighted by Gasteiger charge is 2.30. The molecule has 6 heteroatoms. The number of halogens is 2. The molecule has 0 bridgehead atoms. The molecule has 1 aliphatic rings. The van der Waals surface area contributed by atoms with E-state index in [1.165, 1.54) is 0 Å². The van der Waals surface area contributed by atoms with Gasteiger partial charge < -0.3 is 9.64 Å². The van der Waals surface area contributed by atoms with E-state index in [4.69, 9.17) is 16.3 Å². The molecule has 1 amide bonds. The van der Waals surface area contributed by atoms with Crippen LogP contribution in [0.2, 0.25) is 5.15 Å². The number of hydrogen-bond acceptors (Lipinski definition) is 3. The highest BCUT2D eigenvalue weighted by atomic mass is 79.9. The number of piperidine rings is 1. The van der Waals surface area contributed by atoms with E-state index in [-0.39, 0.29) is 23.2 Å². The first-order valence-electron chi connectivity index (χ1n) is 6.17. The van der Waals surface area contributed by atoms with Crippen molar-refractivity contribution in [2.24, 2.45) is 0 Å². The molecule has 0 saturated carbocycles. The van der Waals surface area contributed by atoms with Gasteiger partial charge in [-0.05, 0) is 41.8 Å². The van der Waals surface area contributed by atoms with Crippen LogP contribution in [0.5, 0.6) is 0 Å². The van der Waals surface area contributed by atoms with Gasteiger partial charge in [-0.2, -0.15) is 0 Å². The van der Waals surface area contributed by atoms with Crippen molar-refractivity contribution in [1.82, 2.24) is 9.88 Å². The number of nitrogens with zero attached hydrogens (tertiary/aromatic N) is 2. The topological polar surface area (TPSA) is 42.4 Å². The van der Waals surface area contributed by atoms with Crippen molar-refractivity contribution in [3.05, 3.63) is 27.5 Å². The maximum atomic E-state index is 12.5. The first-order valence-corrected chi connectivity index (χ1v) is 7.34. The van der Waals surface area contributed by atoms with Crippen molar-refractivity contribution in [1.29, 1.82) is 0 Å². The average Bonchev–Trinajstić information content (AvgIpc) is 2.40. The summed E-state index contributed by atoms with van der Waals surface area (Å²) < 4.78 is 6.10. The normalized spacial score (nSPS) is 23.5. The van der Waals surface area contributed by atoms with Crippen LogP contribution in [-0.4, -0.2) is 41.6 Å². The number of aromatic nitrogens is 1. The fourth-order valence-electron chi connectivity index (χ4n) is 2.37. The number of ether oxygens (including phenoxy) is 1. The Balaban J connectivity index is 2.18. The third-order valence-corrected chi connectivity index (χ3v) is 4.19. The lowest BCUT2D eigenvalue weighted by atomic mass is 10.00. The van der Waals surface area contributed by atoms with Crippen molar-refractivity contribution in [2.45, 2.75) is 31.9 Å². The third-order valence-electron chi connectivity index (χ3n) is 3.46. The van der Waals surface area contributed by atoms with Gasteiger partial charge in [0, 0.05) is 30.4 Å². The first-order chi connectivity index (χ1) is 9.02. The molecule has 104 valence electrons. The smallest absolute Gasteiger partial charge is 0.257 e. The molecule has 0 aromatic carbocycles. The lowest BCUT2D eigenvalue weighted by Crippen LogP contribution is -2.46. The molecule has 0 radical (unpaired) electrons. The summed E-state index contributed by atoms with van der Waals surface area (Å²) in [4.78, 5) is 18.4. The molecule has 2 heterocycles. The molecule has 1 saturated heterocycles. The molecule has 0 N–H and O–H groups in total. The molecule has 2 rings (SSSR count). The number of rotatable bonds is 2. The van der Waals surface area contributed by atoms with Crippen molar-refractivity contribution < 1.29 is 9.53 Å². The number of carbonyl (C=O) groups is 1. The Morgan fingerprint density at radius 2 is 2.37 bits per heavy atom. The summed E-state index contributed by atoms with van der Waals surface area (Å²) in [6.07, 6.45) is 3.52. The minimum Gasteiger partial charge on any atom is -0.381 e. The Hall–Kier alpha value is -0.650. The van der Waals surface area contributed by atoms with Gasteiger partial charge >= 0.3 is 0 Å². The number of pyridine rings is 1. The van der Waals surface area contributed by atoms with Crippen LogP contribution in [0.25, 0.3) is 0 Å². The standard InChI is InChI=1S/C13H16BrClN2O2/c1-8-5-10(19-2)3-4-17(8)13(18)11-6-9(14)7-16-12(11)15/h6-8,10H,3-5H2,1-2H3. The number of likely N-dealkylation sites (tertiary alicyclic amines) is 1. The second-order valence-electron chi connectivity index (χ2n) is 4.72. The monoisotopic (exact) mass is 346 g/mol. The van der Waals surface area contributed by atoms with Crippen LogP contribution < -0.4 is 0 Å². The van der Waals surface area contributed by atoms with Gasteiger partial charge in [0.2, 0.25) is 0 Å². The van der Waals surface area contributed by atoms with E-state index < -0.39 is 0 Å². The molecule has 1 aliphatic heterocycles. The molecule has 0 aliphatic carbocycles. The van der Waals surface area contributed by atoms with Gasteiger partial charge in [0.25, 0.3) is 5.91 Å². The number of methoxy groups -OCH3 is 1. The quantitative estimate of drug-likeness (QED) is 0.772. The minimum absolute atomic E-state index is 0.0687. The van der Waals surface area contributed by atoms with Gasteiger partial charge in [0.15, 0.2) is 0 Å². The van der Waals surface area contributed by atoms with Crippen LogP contribution in [0.1, 0.15) is 30.1 Å². The second-order valence-corrected chi connectivity index (χ2v) is 6.00. The highest BCUT2D eigenvalue weighted by Crippen LogP contribution is 2.25. The summed E-state index contributed by atoms with van der Waals surface area (Å²) in [6, 6.07) is 1.86. The predicted octanol–water partition coefficient (Wildman–Crippen LogP) is 3.14. The zero-order chi connectivity index (χ0) is 14.0. The fraction of sp³-hybridized carbons (Fsp3) is 0.538. The van der Waals surface area contributed by atoms with Crippen LogP contribution in [-0.2, 0) is 4.74 Å². The Morgan fingerprint density at radius 1 is 1.63 bits per heavy atom. The number of carbonyl (C=O) groups excluding carboxylic acids is 1. The van der Waals surface area contributed by atoms with Crippen LogP contribution >= 0.6 is 27.5 Å².